The highest BCUT2D eigenvalue weighted by molar-refractivity contribution is 5.92. The van der Waals surface area contributed by atoms with Crippen LogP contribution in [0.15, 0.2) is 24.3 Å². The van der Waals surface area contributed by atoms with E-state index in [0.29, 0.717) is 12.1 Å². The standard InChI is InChI=1S/C22H33N3O4/c1-15(2)24-22(28)23-14-17-10-12-18(13-11-17)21(27)29-16(3)20(26)25(4)19-8-6-5-7-9-19/h10-13,15-16,19H,5-9,14H2,1-4H3,(H2,23,24,28)/t16-/m1/s1. The molecule has 0 unspecified atom stereocenters. The number of hydrogen-bond acceptors (Lipinski definition) is 4. The fourth-order valence-electron chi connectivity index (χ4n) is 3.47. The van der Waals surface area contributed by atoms with Gasteiger partial charge in [0, 0.05) is 25.7 Å². The van der Waals surface area contributed by atoms with Gasteiger partial charge in [0.1, 0.15) is 0 Å². The maximum Gasteiger partial charge on any atom is 0.338 e. The van der Waals surface area contributed by atoms with Gasteiger partial charge < -0.3 is 20.3 Å². The summed E-state index contributed by atoms with van der Waals surface area (Å²) in [6.45, 7) is 5.75. The number of likely N-dealkylation sites (N-methyl/N-ethyl adjacent to an activating group) is 1. The lowest BCUT2D eigenvalue weighted by Gasteiger charge is -2.32. The van der Waals surface area contributed by atoms with E-state index in [1.54, 1.807) is 43.1 Å². The lowest BCUT2D eigenvalue weighted by atomic mass is 9.94. The normalized spacial score (nSPS) is 15.5. The molecule has 1 atom stereocenters. The zero-order valence-electron chi connectivity index (χ0n) is 17.9. The van der Waals surface area contributed by atoms with E-state index in [1.165, 1.54) is 6.42 Å². The first kappa shape index (κ1) is 22.7. The average Bonchev–Trinajstić information content (AvgIpc) is 2.71. The Kier molecular flexibility index (Phi) is 8.49. The third kappa shape index (κ3) is 7.07. The van der Waals surface area contributed by atoms with E-state index in [4.69, 9.17) is 4.74 Å². The summed E-state index contributed by atoms with van der Waals surface area (Å²) < 4.78 is 5.38. The molecule has 0 radical (unpaired) electrons. The molecule has 2 rings (SSSR count). The van der Waals surface area contributed by atoms with E-state index in [2.05, 4.69) is 10.6 Å². The van der Waals surface area contributed by atoms with Crippen LogP contribution in [0, 0.1) is 0 Å². The third-order valence-electron chi connectivity index (χ3n) is 5.16. The van der Waals surface area contributed by atoms with E-state index in [-0.39, 0.29) is 24.0 Å². The van der Waals surface area contributed by atoms with E-state index in [0.717, 1.165) is 31.2 Å². The minimum absolute atomic E-state index is 0.0639. The fraction of sp³-hybridized carbons (Fsp3) is 0.591. The Morgan fingerprint density at radius 1 is 1.07 bits per heavy atom. The zero-order valence-corrected chi connectivity index (χ0v) is 17.9. The molecule has 1 aromatic rings. The summed E-state index contributed by atoms with van der Waals surface area (Å²) in [5.74, 6) is -0.692. The van der Waals surface area contributed by atoms with Crippen molar-refractivity contribution >= 4 is 17.9 Å². The molecule has 2 N–H and O–H groups in total. The SMILES string of the molecule is CC(C)NC(=O)NCc1ccc(C(=O)O[C@H](C)C(=O)N(C)C2CCCCC2)cc1. The van der Waals surface area contributed by atoms with Crippen molar-refractivity contribution < 1.29 is 19.1 Å². The summed E-state index contributed by atoms with van der Waals surface area (Å²) in [4.78, 5) is 38.3. The van der Waals surface area contributed by atoms with Crippen molar-refractivity contribution in [2.75, 3.05) is 7.05 Å². The number of rotatable bonds is 7. The van der Waals surface area contributed by atoms with Crippen LogP contribution in [0.2, 0.25) is 0 Å². The number of hydrogen-bond donors (Lipinski definition) is 2. The van der Waals surface area contributed by atoms with Gasteiger partial charge in [0.25, 0.3) is 5.91 Å². The minimum atomic E-state index is -0.824. The quantitative estimate of drug-likeness (QED) is 0.684. The van der Waals surface area contributed by atoms with E-state index < -0.39 is 12.1 Å². The van der Waals surface area contributed by atoms with Gasteiger partial charge >= 0.3 is 12.0 Å². The summed E-state index contributed by atoms with van der Waals surface area (Å²) in [5, 5.41) is 5.50. The van der Waals surface area contributed by atoms with Crippen LogP contribution >= 0.6 is 0 Å². The van der Waals surface area contributed by atoms with Gasteiger partial charge in [-0.2, -0.15) is 0 Å². The average molecular weight is 404 g/mol. The fourth-order valence-corrected chi connectivity index (χ4v) is 3.47. The molecule has 1 aromatic carbocycles. The molecule has 29 heavy (non-hydrogen) atoms. The molecule has 0 spiro atoms. The van der Waals surface area contributed by atoms with Gasteiger partial charge in [-0.25, -0.2) is 9.59 Å². The van der Waals surface area contributed by atoms with Crippen LogP contribution in [0.4, 0.5) is 4.79 Å². The van der Waals surface area contributed by atoms with Crippen LogP contribution in [0.25, 0.3) is 0 Å². The summed E-state index contributed by atoms with van der Waals surface area (Å²) in [6, 6.07) is 6.85. The molecule has 7 heteroatoms. The highest BCUT2D eigenvalue weighted by Crippen LogP contribution is 2.22. The number of amides is 3. The van der Waals surface area contributed by atoms with Crippen molar-refractivity contribution in [3.05, 3.63) is 35.4 Å². The van der Waals surface area contributed by atoms with E-state index in [1.807, 2.05) is 13.8 Å². The van der Waals surface area contributed by atoms with Gasteiger partial charge in [0.2, 0.25) is 0 Å². The smallest absolute Gasteiger partial charge is 0.338 e. The molecular weight excluding hydrogens is 370 g/mol. The predicted molar refractivity (Wildman–Crippen MR) is 111 cm³/mol. The molecule has 0 aliphatic heterocycles. The number of ether oxygens (including phenoxy) is 1. The summed E-state index contributed by atoms with van der Waals surface area (Å²) in [5.41, 5.74) is 1.24. The van der Waals surface area contributed by atoms with Crippen LogP contribution in [0.5, 0.6) is 0 Å². The Hall–Kier alpha value is -2.57. The first-order valence-electron chi connectivity index (χ1n) is 10.4. The zero-order chi connectivity index (χ0) is 21.4. The first-order chi connectivity index (χ1) is 13.8. The molecule has 1 aliphatic rings. The van der Waals surface area contributed by atoms with Crippen molar-refractivity contribution in [1.29, 1.82) is 0 Å². The van der Waals surface area contributed by atoms with Crippen molar-refractivity contribution in [3.8, 4) is 0 Å². The molecule has 0 heterocycles. The lowest BCUT2D eigenvalue weighted by molar-refractivity contribution is -0.141. The maximum absolute atomic E-state index is 12.6. The van der Waals surface area contributed by atoms with E-state index >= 15 is 0 Å². The van der Waals surface area contributed by atoms with Crippen LogP contribution in [-0.2, 0) is 16.1 Å². The first-order valence-corrected chi connectivity index (χ1v) is 10.4. The summed E-state index contributed by atoms with van der Waals surface area (Å²) in [7, 11) is 1.79. The second-order valence-corrected chi connectivity index (χ2v) is 7.97. The Morgan fingerprint density at radius 2 is 1.69 bits per heavy atom. The number of carbonyl (C=O) groups excluding carboxylic acids is 3. The van der Waals surface area contributed by atoms with Gasteiger partial charge in [0.05, 0.1) is 5.56 Å². The number of esters is 1. The van der Waals surface area contributed by atoms with Crippen LogP contribution in [0.1, 0.15) is 68.8 Å². The molecule has 0 bridgehead atoms. The molecule has 0 aromatic heterocycles. The maximum atomic E-state index is 12.6. The number of nitrogens with zero attached hydrogens (tertiary/aromatic N) is 1. The number of nitrogens with one attached hydrogen (secondary N) is 2. The molecule has 1 fully saturated rings. The number of carbonyl (C=O) groups is 3. The van der Waals surface area contributed by atoms with Gasteiger partial charge in [-0.3, -0.25) is 4.79 Å². The summed E-state index contributed by atoms with van der Waals surface area (Å²) in [6.07, 6.45) is 4.68. The van der Waals surface area contributed by atoms with Gasteiger partial charge in [0.15, 0.2) is 6.10 Å². The minimum Gasteiger partial charge on any atom is -0.449 e. The second kappa shape index (κ2) is 10.8. The molecule has 7 nitrogen and oxygen atoms in total. The topological polar surface area (TPSA) is 87.7 Å². The van der Waals surface area contributed by atoms with Crippen molar-refractivity contribution in [1.82, 2.24) is 15.5 Å². The Balaban J connectivity index is 1.84. The second-order valence-electron chi connectivity index (χ2n) is 7.97. The molecule has 1 saturated carbocycles. The van der Waals surface area contributed by atoms with Gasteiger partial charge in [-0.1, -0.05) is 31.4 Å². The van der Waals surface area contributed by atoms with Crippen molar-refractivity contribution in [3.63, 3.8) is 0 Å². The largest absolute Gasteiger partial charge is 0.449 e. The Morgan fingerprint density at radius 3 is 2.28 bits per heavy atom. The monoisotopic (exact) mass is 403 g/mol. The van der Waals surface area contributed by atoms with Crippen molar-refractivity contribution in [2.24, 2.45) is 0 Å². The Labute approximate surface area is 173 Å². The van der Waals surface area contributed by atoms with Crippen molar-refractivity contribution in [2.45, 2.75) is 77.6 Å². The third-order valence-corrected chi connectivity index (χ3v) is 5.16. The number of urea groups is 1. The molecule has 3 amide bonds. The Bertz CT molecular complexity index is 697. The van der Waals surface area contributed by atoms with E-state index in [9.17, 15) is 14.4 Å². The molecule has 160 valence electrons. The highest BCUT2D eigenvalue weighted by Gasteiger charge is 2.27. The van der Waals surface area contributed by atoms with Gasteiger partial charge in [-0.05, 0) is 51.3 Å². The summed E-state index contributed by atoms with van der Waals surface area (Å²) >= 11 is 0. The molecule has 0 saturated heterocycles. The van der Waals surface area contributed by atoms with Crippen LogP contribution in [-0.4, -0.2) is 48.0 Å². The molecule has 1 aliphatic carbocycles. The predicted octanol–water partition coefficient (Wildman–Crippen LogP) is 3.23. The van der Waals surface area contributed by atoms with Crippen LogP contribution < -0.4 is 10.6 Å². The highest BCUT2D eigenvalue weighted by atomic mass is 16.5. The number of benzene rings is 1. The van der Waals surface area contributed by atoms with Crippen LogP contribution in [0.3, 0.4) is 0 Å². The molecular formula is C22H33N3O4. The van der Waals surface area contributed by atoms with Gasteiger partial charge in [-0.15, -0.1) is 0 Å². The lowest BCUT2D eigenvalue weighted by Crippen LogP contribution is -2.44.